The van der Waals surface area contributed by atoms with Gasteiger partial charge in [-0.15, -0.1) is 11.3 Å². The molecule has 0 aliphatic carbocycles. The molecule has 0 unspecified atom stereocenters. The number of nitrogens with zero attached hydrogens (tertiary/aromatic N) is 1. The Labute approximate surface area is 110 Å². The molecule has 0 aliphatic rings. The second-order valence-corrected chi connectivity index (χ2v) is 5.67. The number of aryl methyl sites for hydroxylation is 2. The summed E-state index contributed by atoms with van der Waals surface area (Å²) in [4.78, 5) is 7.05. The van der Waals surface area contributed by atoms with Gasteiger partial charge in [0.2, 0.25) is 5.89 Å². The third kappa shape index (κ3) is 2.06. The Morgan fingerprint density at radius 1 is 1.22 bits per heavy atom. The minimum absolute atomic E-state index is 0.739. The zero-order chi connectivity index (χ0) is 12.5. The van der Waals surface area contributed by atoms with E-state index in [1.165, 1.54) is 16.9 Å². The summed E-state index contributed by atoms with van der Waals surface area (Å²) in [6, 6.07) is 10.4. The third-order valence-corrected chi connectivity index (χ3v) is 4.05. The number of hydrogen-bond acceptors (Lipinski definition) is 3. The topological polar surface area (TPSA) is 26.0 Å². The normalized spacial score (nSPS) is 11.2. The van der Waals surface area contributed by atoms with E-state index in [1.807, 2.05) is 12.1 Å². The monoisotopic (exact) mass is 257 g/mol. The fraction of sp³-hybridized carbons (Fsp3) is 0.267. The van der Waals surface area contributed by atoms with Gasteiger partial charge in [-0.2, -0.15) is 0 Å². The lowest BCUT2D eigenvalue weighted by Crippen LogP contribution is -1.72. The molecule has 3 heteroatoms. The number of rotatable bonds is 3. The van der Waals surface area contributed by atoms with E-state index in [2.05, 4.69) is 37.0 Å². The molecular formula is C15H15NOS. The minimum Gasteiger partial charge on any atom is -0.435 e. The van der Waals surface area contributed by atoms with Crippen molar-refractivity contribution < 1.29 is 4.42 Å². The Morgan fingerprint density at radius 3 is 2.94 bits per heavy atom. The maximum Gasteiger partial charge on any atom is 0.237 e. The molecule has 0 saturated carbocycles. The van der Waals surface area contributed by atoms with E-state index >= 15 is 0 Å². The molecule has 0 N–H and O–H groups in total. The smallest absolute Gasteiger partial charge is 0.237 e. The highest BCUT2D eigenvalue weighted by Crippen LogP contribution is 2.30. The number of fused-ring (bicyclic) bond motifs is 1. The van der Waals surface area contributed by atoms with Gasteiger partial charge >= 0.3 is 0 Å². The Kier molecular flexibility index (Phi) is 2.92. The van der Waals surface area contributed by atoms with Crippen LogP contribution in [0.25, 0.3) is 21.9 Å². The van der Waals surface area contributed by atoms with E-state index in [1.54, 1.807) is 11.3 Å². The van der Waals surface area contributed by atoms with Crippen LogP contribution in [0.3, 0.4) is 0 Å². The summed E-state index contributed by atoms with van der Waals surface area (Å²) >= 11 is 1.77. The Hall–Kier alpha value is -1.61. The number of benzene rings is 1. The zero-order valence-corrected chi connectivity index (χ0v) is 11.4. The van der Waals surface area contributed by atoms with Gasteiger partial charge in [-0.05, 0) is 43.2 Å². The van der Waals surface area contributed by atoms with Crippen LogP contribution in [-0.4, -0.2) is 4.98 Å². The van der Waals surface area contributed by atoms with Gasteiger partial charge in [0.05, 0.1) is 4.88 Å². The Balaban J connectivity index is 2.02. The summed E-state index contributed by atoms with van der Waals surface area (Å²) in [5, 5.41) is 0. The van der Waals surface area contributed by atoms with Crippen molar-refractivity contribution in [2.24, 2.45) is 0 Å². The van der Waals surface area contributed by atoms with Crippen LogP contribution in [0.2, 0.25) is 0 Å². The van der Waals surface area contributed by atoms with Crippen LogP contribution >= 0.6 is 11.3 Å². The van der Waals surface area contributed by atoms with Crippen molar-refractivity contribution in [1.82, 2.24) is 4.98 Å². The maximum atomic E-state index is 5.83. The molecule has 0 spiro atoms. The van der Waals surface area contributed by atoms with Crippen LogP contribution in [0.15, 0.2) is 34.7 Å². The predicted molar refractivity (Wildman–Crippen MR) is 76.1 cm³/mol. The van der Waals surface area contributed by atoms with Gasteiger partial charge in [-0.1, -0.05) is 19.4 Å². The van der Waals surface area contributed by atoms with Crippen molar-refractivity contribution in [1.29, 1.82) is 0 Å². The fourth-order valence-corrected chi connectivity index (χ4v) is 3.05. The third-order valence-electron chi connectivity index (χ3n) is 2.91. The van der Waals surface area contributed by atoms with E-state index in [0.29, 0.717) is 0 Å². The zero-order valence-electron chi connectivity index (χ0n) is 10.6. The van der Waals surface area contributed by atoms with Crippen molar-refractivity contribution in [2.45, 2.75) is 26.7 Å². The molecule has 2 nitrogen and oxygen atoms in total. The molecular weight excluding hydrogens is 242 g/mol. The van der Waals surface area contributed by atoms with Gasteiger partial charge in [0, 0.05) is 4.88 Å². The SMILES string of the molecule is CCCc1ccc(-c2nc3ccc(C)cc3o2)s1. The highest BCUT2D eigenvalue weighted by atomic mass is 32.1. The maximum absolute atomic E-state index is 5.83. The first kappa shape index (κ1) is 11.5. The van der Waals surface area contributed by atoms with E-state index in [9.17, 15) is 0 Å². The van der Waals surface area contributed by atoms with Crippen LogP contribution in [0, 0.1) is 6.92 Å². The molecule has 3 rings (SSSR count). The van der Waals surface area contributed by atoms with Crippen molar-refractivity contribution >= 4 is 22.4 Å². The van der Waals surface area contributed by atoms with Gasteiger partial charge in [0.25, 0.3) is 0 Å². The second kappa shape index (κ2) is 4.58. The molecule has 2 aromatic heterocycles. The van der Waals surface area contributed by atoms with Gasteiger partial charge < -0.3 is 4.42 Å². The molecule has 0 atom stereocenters. The first-order valence-corrected chi connectivity index (χ1v) is 7.04. The summed E-state index contributed by atoms with van der Waals surface area (Å²) in [6.45, 7) is 4.26. The molecule has 0 bridgehead atoms. The average molecular weight is 257 g/mol. The van der Waals surface area contributed by atoms with Crippen molar-refractivity contribution in [3.63, 3.8) is 0 Å². The lowest BCUT2D eigenvalue weighted by atomic mass is 10.2. The van der Waals surface area contributed by atoms with Gasteiger partial charge in [-0.25, -0.2) is 4.98 Å². The van der Waals surface area contributed by atoms with Crippen molar-refractivity contribution in [3.8, 4) is 10.8 Å². The van der Waals surface area contributed by atoms with Crippen LogP contribution in [0.5, 0.6) is 0 Å². The molecule has 0 saturated heterocycles. The van der Waals surface area contributed by atoms with Crippen LogP contribution in [0.4, 0.5) is 0 Å². The molecule has 2 heterocycles. The molecule has 3 aromatic rings. The van der Waals surface area contributed by atoms with Crippen LogP contribution < -0.4 is 0 Å². The Bertz CT molecular complexity index is 681. The summed E-state index contributed by atoms with van der Waals surface area (Å²) in [6.07, 6.45) is 2.30. The molecule has 1 aromatic carbocycles. The van der Waals surface area contributed by atoms with E-state index in [-0.39, 0.29) is 0 Å². The van der Waals surface area contributed by atoms with Crippen molar-refractivity contribution in [2.75, 3.05) is 0 Å². The lowest BCUT2D eigenvalue weighted by molar-refractivity contribution is 0.621. The molecule has 92 valence electrons. The predicted octanol–water partition coefficient (Wildman–Crippen LogP) is 4.82. The molecule has 0 radical (unpaired) electrons. The second-order valence-electron chi connectivity index (χ2n) is 4.51. The van der Waals surface area contributed by atoms with Gasteiger partial charge in [0.1, 0.15) is 5.52 Å². The first-order valence-electron chi connectivity index (χ1n) is 6.22. The summed E-state index contributed by atoms with van der Waals surface area (Å²) < 4.78 is 5.83. The lowest BCUT2D eigenvalue weighted by Gasteiger charge is -1.89. The first-order chi connectivity index (χ1) is 8.76. The standard InChI is InChI=1S/C15H15NOS/c1-3-4-11-6-8-14(18-11)15-16-12-7-5-10(2)9-13(12)17-15/h5-9H,3-4H2,1-2H3. The fourth-order valence-electron chi connectivity index (χ4n) is 2.01. The van der Waals surface area contributed by atoms with Crippen molar-refractivity contribution in [3.05, 3.63) is 40.8 Å². The molecule has 0 aliphatic heterocycles. The number of thiophene rings is 1. The molecule has 0 amide bonds. The number of hydrogen-bond donors (Lipinski definition) is 0. The van der Waals surface area contributed by atoms with E-state index in [0.717, 1.165) is 28.3 Å². The number of oxazole rings is 1. The molecule has 0 fully saturated rings. The highest BCUT2D eigenvalue weighted by molar-refractivity contribution is 7.15. The highest BCUT2D eigenvalue weighted by Gasteiger charge is 2.10. The van der Waals surface area contributed by atoms with Gasteiger partial charge in [0.15, 0.2) is 5.58 Å². The Morgan fingerprint density at radius 2 is 2.11 bits per heavy atom. The minimum atomic E-state index is 0.739. The summed E-state index contributed by atoms with van der Waals surface area (Å²) in [7, 11) is 0. The van der Waals surface area contributed by atoms with Crippen LogP contribution in [-0.2, 0) is 6.42 Å². The van der Waals surface area contributed by atoms with Crippen LogP contribution in [0.1, 0.15) is 23.8 Å². The van der Waals surface area contributed by atoms with E-state index < -0.39 is 0 Å². The van der Waals surface area contributed by atoms with E-state index in [4.69, 9.17) is 4.42 Å². The summed E-state index contributed by atoms with van der Waals surface area (Å²) in [5.74, 6) is 0.739. The molecule has 18 heavy (non-hydrogen) atoms. The number of aromatic nitrogens is 1. The summed E-state index contributed by atoms with van der Waals surface area (Å²) in [5.41, 5.74) is 3.00. The average Bonchev–Trinajstić information content (AvgIpc) is 2.94. The largest absolute Gasteiger partial charge is 0.435 e. The van der Waals surface area contributed by atoms with Gasteiger partial charge in [-0.3, -0.25) is 0 Å². The quantitative estimate of drug-likeness (QED) is 0.672.